The number of ether oxygens (including phenoxy) is 3. The number of piperazine rings is 2. The number of hydrogen-bond donors (Lipinski definition) is 1. The van der Waals surface area contributed by atoms with Gasteiger partial charge in [0.25, 0.3) is 0 Å². The van der Waals surface area contributed by atoms with Gasteiger partial charge in [-0.05, 0) is 62.6 Å². The van der Waals surface area contributed by atoms with Gasteiger partial charge >= 0.3 is 18.0 Å². The summed E-state index contributed by atoms with van der Waals surface area (Å²) in [4.78, 5) is 70.2. The Kier molecular flexibility index (Phi) is 15.5. The second-order valence-electron chi connectivity index (χ2n) is 13.9. The zero-order valence-electron chi connectivity index (χ0n) is 33.9. The number of ketones is 1. The molecule has 2 N–H and O–H groups in total. The van der Waals surface area contributed by atoms with E-state index in [2.05, 4.69) is 33.9 Å². The summed E-state index contributed by atoms with van der Waals surface area (Å²) in [6.07, 6.45) is 2.97. The molecule has 0 atom stereocenters. The van der Waals surface area contributed by atoms with E-state index < -0.39 is 5.97 Å². The first-order valence-electron chi connectivity index (χ1n) is 19.0. The monoisotopic (exact) mass is 795 g/mol. The summed E-state index contributed by atoms with van der Waals surface area (Å²) in [5.74, 6) is 0.743. The molecule has 0 aliphatic carbocycles. The number of Topliss-reactive ketones (excluding diaryl/α,β-unsaturated/α-hetero) is 1. The highest BCUT2D eigenvalue weighted by atomic mass is 16.5. The van der Waals surface area contributed by atoms with Crippen molar-refractivity contribution in [3.05, 3.63) is 108 Å². The molecule has 4 heterocycles. The molecule has 308 valence electrons. The molecule has 2 saturated heterocycles. The first-order chi connectivity index (χ1) is 28.0. The van der Waals surface area contributed by atoms with E-state index in [1.807, 2.05) is 58.3 Å². The second-order valence-corrected chi connectivity index (χ2v) is 13.9. The Balaban J connectivity index is 0.000000221. The second kappa shape index (κ2) is 20.9. The molecule has 2 aliphatic rings. The normalized spacial score (nSPS) is 14.4. The molecule has 0 saturated carbocycles. The van der Waals surface area contributed by atoms with E-state index in [0.29, 0.717) is 60.2 Å². The van der Waals surface area contributed by atoms with E-state index in [-0.39, 0.29) is 37.5 Å². The number of anilines is 2. The van der Waals surface area contributed by atoms with Crippen LogP contribution >= 0.6 is 0 Å². The molecule has 0 bridgehead atoms. The number of urea groups is 2. The first-order valence-corrected chi connectivity index (χ1v) is 19.0. The lowest BCUT2D eigenvalue weighted by Gasteiger charge is -2.36. The van der Waals surface area contributed by atoms with E-state index >= 15 is 0 Å². The van der Waals surface area contributed by atoms with Crippen LogP contribution in [0.2, 0.25) is 0 Å². The fourth-order valence-corrected chi connectivity index (χ4v) is 6.31. The van der Waals surface area contributed by atoms with E-state index in [4.69, 9.17) is 19.9 Å². The van der Waals surface area contributed by atoms with Crippen molar-refractivity contribution in [3.63, 3.8) is 0 Å². The van der Waals surface area contributed by atoms with Crippen molar-refractivity contribution >= 4 is 35.2 Å². The van der Waals surface area contributed by atoms with Gasteiger partial charge in [0, 0.05) is 93.8 Å². The molecule has 58 heavy (non-hydrogen) atoms. The maximum atomic E-state index is 13.3. The van der Waals surface area contributed by atoms with Crippen molar-refractivity contribution in [1.29, 1.82) is 0 Å². The van der Waals surface area contributed by atoms with Crippen molar-refractivity contribution in [2.24, 2.45) is 5.73 Å². The van der Waals surface area contributed by atoms with Gasteiger partial charge in [0.1, 0.15) is 11.5 Å². The number of amides is 4. The molecule has 2 fully saturated rings. The molecule has 4 amide bonds. The molecular formula is C42H53N9O7. The third-order valence-corrected chi connectivity index (χ3v) is 9.96. The van der Waals surface area contributed by atoms with Crippen LogP contribution < -0.4 is 25.0 Å². The molecule has 2 aromatic carbocycles. The van der Waals surface area contributed by atoms with Gasteiger partial charge in [0.2, 0.25) is 0 Å². The van der Waals surface area contributed by atoms with Crippen LogP contribution in [-0.4, -0.2) is 148 Å². The average molecular weight is 796 g/mol. The van der Waals surface area contributed by atoms with Crippen LogP contribution in [0.1, 0.15) is 32.1 Å². The van der Waals surface area contributed by atoms with Crippen LogP contribution in [0.5, 0.6) is 11.5 Å². The van der Waals surface area contributed by atoms with Crippen LogP contribution in [0.3, 0.4) is 0 Å². The smallest absolute Gasteiger partial charge is 0.339 e. The van der Waals surface area contributed by atoms with Crippen LogP contribution in [-0.2, 0) is 17.8 Å². The first kappa shape index (κ1) is 43.0. The Morgan fingerprint density at radius 3 is 1.41 bits per heavy atom. The van der Waals surface area contributed by atoms with E-state index in [9.17, 15) is 19.2 Å². The number of nitrogens with two attached hydrogens (primary N) is 1. The zero-order chi connectivity index (χ0) is 41.6. The molecule has 2 aromatic heterocycles. The number of carbonyl (C=O) groups is 4. The number of benzene rings is 2. The van der Waals surface area contributed by atoms with Gasteiger partial charge in [0.05, 0.1) is 57.9 Å². The molecule has 0 spiro atoms. The highest BCUT2D eigenvalue weighted by molar-refractivity contribution is 5.97. The third kappa shape index (κ3) is 11.5. The Morgan fingerprint density at radius 2 is 1.05 bits per heavy atom. The number of aromatic nitrogens is 2. The number of nitrogens with zero attached hydrogens (tertiary/aromatic N) is 8. The zero-order valence-corrected chi connectivity index (χ0v) is 33.9. The molecule has 16 heteroatoms. The van der Waals surface area contributed by atoms with Gasteiger partial charge in [-0.15, -0.1) is 0 Å². The lowest BCUT2D eigenvalue weighted by molar-refractivity contribution is 0.0600. The molecule has 4 aromatic rings. The lowest BCUT2D eigenvalue weighted by Crippen LogP contribution is -2.52. The number of pyridine rings is 2. The number of rotatable bonds is 11. The summed E-state index contributed by atoms with van der Waals surface area (Å²) in [6, 6.07) is 21.5. The topological polar surface area (TPSA) is 167 Å². The quantitative estimate of drug-likeness (QED) is 0.172. The van der Waals surface area contributed by atoms with E-state index in [1.54, 1.807) is 48.3 Å². The van der Waals surface area contributed by atoms with Crippen LogP contribution in [0, 0.1) is 0 Å². The SMILES string of the molecule is COC(=O)c1ccc(CN(C(=O)N2CCN(C)CC2)c2cccc(OC)c2)nc1.COc1cccc(N(Cc2ccc(C(=O)CN)cn2)C(=O)N2CCN(C)CC2)c1. The van der Waals surface area contributed by atoms with Gasteiger partial charge < -0.3 is 39.5 Å². The molecular weight excluding hydrogens is 743 g/mol. The molecule has 6 rings (SSSR count). The van der Waals surface area contributed by atoms with Crippen LogP contribution in [0.25, 0.3) is 0 Å². The summed E-state index contributed by atoms with van der Waals surface area (Å²) in [5.41, 5.74) is 9.06. The minimum absolute atomic E-state index is 0.0567. The molecule has 0 radical (unpaired) electrons. The summed E-state index contributed by atoms with van der Waals surface area (Å²) in [7, 11) is 8.62. The highest BCUT2D eigenvalue weighted by Gasteiger charge is 2.28. The highest BCUT2D eigenvalue weighted by Crippen LogP contribution is 2.26. The third-order valence-electron chi connectivity index (χ3n) is 9.96. The summed E-state index contributed by atoms with van der Waals surface area (Å²) in [6.45, 7) is 6.55. The van der Waals surface area contributed by atoms with Crippen molar-refractivity contribution in [1.82, 2.24) is 29.6 Å². The summed E-state index contributed by atoms with van der Waals surface area (Å²) in [5, 5.41) is 0. The predicted octanol–water partition coefficient (Wildman–Crippen LogP) is 3.86. The minimum Gasteiger partial charge on any atom is -0.497 e. The Labute approximate surface area is 339 Å². The van der Waals surface area contributed by atoms with Crippen molar-refractivity contribution in [2.75, 3.05) is 104 Å². The van der Waals surface area contributed by atoms with E-state index in [1.165, 1.54) is 19.5 Å². The van der Waals surface area contributed by atoms with Gasteiger partial charge in [-0.25, -0.2) is 14.4 Å². The van der Waals surface area contributed by atoms with Crippen molar-refractivity contribution < 1.29 is 33.4 Å². The predicted molar refractivity (Wildman–Crippen MR) is 220 cm³/mol. The minimum atomic E-state index is -0.442. The van der Waals surface area contributed by atoms with Gasteiger partial charge in [-0.3, -0.25) is 24.6 Å². The molecule has 2 aliphatic heterocycles. The standard InChI is InChI=1S/C21H27N5O3.C21H26N4O4/c1-24-8-10-25(11-9-24)21(28)26(18-4-3-5-19(12-18)29-2)15-17-7-6-16(14-23-17)20(27)13-22;1-23-9-11-24(12-10-23)21(27)25(18-5-4-6-19(13-18)28-2)15-17-8-7-16(14-22-17)20(26)29-3/h3-7,12,14H,8-11,13,15,22H2,1-2H3;4-8,13-14H,9-12,15H2,1-3H3. The fraction of sp³-hybridized carbons (Fsp3) is 0.381. The van der Waals surface area contributed by atoms with Crippen LogP contribution in [0.15, 0.2) is 85.2 Å². The van der Waals surface area contributed by atoms with Crippen LogP contribution in [0.4, 0.5) is 21.0 Å². The lowest BCUT2D eigenvalue weighted by atomic mass is 10.1. The Bertz CT molecular complexity index is 1840. The maximum absolute atomic E-state index is 13.3. The van der Waals surface area contributed by atoms with Crippen molar-refractivity contribution in [3.8, 4) is 11.5 Å². The average Bonchev–Trinajstić information content (AvgIpc) is 3.27. The van der Waals surface area contributed by atoms with Crippen molar-refractivity contribution in [2.45, 2.75) is 13.1 Å². The summed E-state index contributed by atoms with van der Waals surface area (Å²) >= 11 is 0. The number of hydrogen-bond acceptors (Lipinski definition) is 12. The molecule has 0 unspecified atom stereocenters. The largest absolute Gasteiger partial charge is 0.497 e. The number of methoxy groups -OCH3 is 3. The Morgan fingerprint density at radius 1 is 0.621 bits per heavy atom. The fourth-order valence-electron chi connectivity index (χ4n) is 6.31. The number of likely N-dealkylation sites (N-methyl/N-ethyl adjacent to an activating group) is 2. The van der Waals surface area contributed by atoms with Gasteiger partial charge in [-0.2, -0.15) is 0 Å². The summed E-state index contributed by atoms with van der Waals surface area (Å²) < 4.78 is 15.4. The van der Waals surface area contributed by atoms with E-state index in [0.717, 1.165) is 37.6 Å². The molecule has 16 nitrogen and oxygen atoms in total. The van der Waals surface area contributed by atoms with Gasteiger partial charge in [-0.1, -0.05) is 12.1 Å². The number of esters is 1. The maximum Gasteiger partial charge on any atom is 0.339 e. The van der Waals surface area contributed by atoms with Gasteiger partial charge in [0.15, 0.2) is 5.78 Å². The number of carbonyl (C=O) groups excluding carboxylic acids is 4. The Hall–Kier alpha value is -6.10.